The number of pyridine rings is 1. The molecular weight excluding hydrogens is 306 g/mol. The molecule has 0 amide bonds. The van der Waals surface area contributed by atoms with Crippen LogP contribution >= 0.6 is 23.4 Å². The summed E-state index contributed by atoms with van der Waals surface area (Å²) < 4.78 is 5.42. The van der Waals surface area contributed by atoms with E-state index in [1.807, 2.05) is 24.5 Å². The van der Waals surface area contributed by atoms with Gasteiger partial charge in [-0.2, -0.15) is 5.26 Å². The zero-order chi connectivity index (χ0) is 14.8. The minimum absolute atomic E-state index is 0.624. The molecule has 1 fully saturated rings. The maximum absolute atomic E-state index is 9.60. The number of benzene rings is 1. The van der Waals surface area contributed by atoms with Crippen molar-refractivity contribution in [3.8, 4) is 6.07 Å². The molecule has 2 heterocycles. The standard InChI is InChI=1S/C15H14ClN3OS/c1-21-15-12(9-17)14(19-4-6-20-7-5-19)11-8-10(16)2-3-13(11)18-15/h2-3,8H,4-7H2,1H3. The predicted molar refractivity (Wildman–Crippen MR) is 86.3 cm³/mol. The number of nitriles is 1. The van der Waals surface area contributed by atoms with Gasteiger partial charge in [0, 0.05) is 23.5 Å². The number of morpholine rings is 1. The van der Waals surface area contributed by atoms with E-state index in [9.17, 15) is 5.26 Å². The van der Waals surface area contributed by atoms with E-state index < -0.39 is 0 Å². The lowest BCUT2D eigenvalue weighted by atomic mass is 10.1. The molecule has 0 atom stereocenters. The van der Waals surface area contributed by atoms with Gasteiger partial charge in [0.15, 0.2) is 0 Å². The molecule has 0 aliphatic carbocycles. The van der Waals surface area contributed by atoms with Gasteiger partial charge in [-0.05, 0) is 24.5 Å². The molecule has 0 spiro atoms. The van der Waals surface area contributed by atoms with Crippen LogP contribution in [0.4, 0.5) is 5.69 Å². The monoisotopic (exact) mass is 319 g/mol. The third-order valence-corrected chi connectivity index (χ3v) is 4.44. The third kappa shape index (κ3) is 2.67. The Morgan fingerprint density at radius 2 is 2.14 bits per heavy atom. The molecule has 108 valence electrons. The number of thioether (sulfide) groups is 1. The minimum Gasteiger partial charge on any atom is -0.378 e. The fourth-order valence-corrected chi connectivity index (χ4v) is 3.27. The Bertz CT molecular complexity index is 723. The molecule has 0 radical (unpaired) electrons. The van der Waals surface area contributed by atoms with Crippen LogP contribution in [0.5, 0.6) is 0 Å². The highest BCUT2D eigenvalue weighted by Crippen LogP contribution is 2.36. The molecule has 2 aromatic rings. The number of hydrogen-bond acceptors (Lipinski definition) is 5. The van der Waals surface area contributed by atoms with Crippen molar-refractivity contribution < 1.29 is 4.74 Å². The summed E-state index contributed by atoms with van der Waals surface area (Å²) in [7, 11) is 0. The van der Waals surface area contributed by atoms with Gasteiger partial charge in [0.25, 0.3) is 0 Å². The molecule has 1 aliphatic heterocycles. The van der Waals surface area contributed by atoms with Crippen molar-refractivity contribution >= 4 is 40.0 Å². The highest BCUT2D eigenvalue weighted by Gasteiger charge is 2.21. The van der Waals surface area contributed by atoms with Crippen LogP contribution in [-0.4, -0.2) is 37.5 Å². The predicted octanol–water partition coefficient (Wildman–Crippen LogP) is 3.32. The lowest BCUT2D eigenvalue weighted by Crippen LogP contribution is -2.37. The molecule has 1 aromatic carbocycles. The molecule has 4 nitrogen and oxygen atoms in total. The summed E-state index contributed by atoms with van der Waals surface area (Å²) in [4.78, 5) is 6.78. The molecule has 1 aromatic heterocycles. The Morgan fingerprint density at radius 1 is 1.38 bits per heavy atom. The van der Waals surface area contributed by atoms with Crippen molar-refractivity contribution in [2.45, 2.75) is 5.03 Å². The van der Waals surface area contributed by atoms with E-state index in [1.165, 1.54) is 11.8 Å². The van der Waals surface area contributed by atoms with E-state index >= 15 is 0 Å². The van der Waals surface area contributed by atoms with Gasteiger partial charge in [0.2, 0.25) is 0 Å². The Balaban J connectivity index is 2.30. The molecule has 3 rings (SSSR count). The normalized spacial score (nSPS) is 15.2. The molecule has 0 unspecified atom stereocenters. The largest absolute Gasteiger partial charge is 0.378 e. The van der Waals surface area contributed by atoms with E-state index in [0.29, 0.717) is 23.8 Å². The zero-order valence-electron chi connectivity index (χ0n) is 11.6. The molecule has 1 saturated heterocycles. The smallest absolute Gasteiger partial charge is 0.116 e. The summed E-state index contributed by atoms with van der Waals surface area (Å²) in [6.07, 6.45) is 1.94. The summed E-state index contributed by atoms with van der Waals surface area (Å²) in [6, 6.07) is 7.94. The molecular formula is C15H14ClN3OS. The van der Waals surface area contributed by atoms with Crippen molar-refractivity contribution in [2.75, 3.05) is 37.5 Å². The van der Waals surface area contributed by atoms with Crippen LogP contribution in [0.15, 0.2) is 23.2 Å². The minimum atomic E-state index is 0.624. The average molecular weight is 320 g/mol. The number of halogens is 1. The van der Waals surface area contributed by atoms with Crippen molar-refractivity contribution in [1.82, 2.24) is 4.98 Å². The second kappa shape index (κ2) is 6.10. The fourth-order valence-electron chi connectivity index (χ4n) is 2.56. The van der Waals surface area contributed by atoms with Gasteiger partial charge < -0.3 is 9.64 Å². The van der Waals surface area contributed by atoms with Crippen molar-refractivity contribution in [3.63, 3.8) is 0 Å². The first-order valence-corrected chi connectivity index (χ1v) is 8.25. The average Bonchev–Trinajstić information content (AvgIpc) is 2.53. The van der Waals surface area contributed by atoms with Crippen LogP contribution in [0.2, 0.25) is 5.02 Å². The maximum Gasteiger partial charge on any atom is 0.116 e. The topological polar surface area (TPSA) is 49.2 Å². The van der Waals surface area contributed by atoms with Gasteiger partial charge >= 0.3 is 0 Å². The SMILES string of the molecule is CSc1nc2ccc(Cl)cc2c(N2CCOCC2)c1C#N. The van der Waals surface area contributed by atoms with E-state index in [1.54, 1.807) is 0 Å². The van der Waals surface area contributed by atoms with E-state index in [2.05, 4.69) is 16.0 Å². The quantitative estimate of drug-likeness (QED) is 0.795. The Labute approximate surface area is 132 Å². The Kier molecular flexibility index (Phi) is 4.20. The molecule has 0 bridgehead atoms. The highest BCUT2D eigenvalue weighted by atomic mass is 35.5. The molecule has 6 heteroatoms. The third-order valence-electron chi connectivity index (χ3n) is 3.52. The van der Waals surface area contributed by atoms with Crippen molar-refractivity contribution in [3.05, 3.63) is 28.8 Å². The van der Waals surface area contributed by atoms with Gasteiger partial charge in [0.05, 0.1) is 24.4 Å². The summed E-state index contributed by atoms with van der Waals surface area (Å²) in [5, 5.41) is 11.9. The Morgan fingerprint density at radius 3 is 2.81 bits per heavy atom. The zero-order valence-corrected chi connectivity index (χ0v) is 13.2. The number of fused-ring (bicyclic) bond motifs is 1. The first kappa shape index (κ1) is 14.5. The first-order valence-electron chi connectivity index (χ1n) is 6.64. The van der Waals surface area contributed by atoms with Crippen LogP contribution in [0.25, 0.3) is 10.9 Å². The summed E-state index contributed by atoms with van der Waals surface area (Å²) >= 11 is 7.63. The summed E-state index contributed by atoms with van der Waals surface area (Å²) in [6.45, 7) is 2.88. The second-order valence-electron chi connectivity index (χ2n) is 4.72. The molecule has 21 heavy (non-hydrogen) atoms. The highest BCUT2D eigenvalue weighted by molar-refractivity contribution is 7.98. The van der Waals surface area contributed by atoms with Gasteiger partial charge in [-0.15, -0.1) is 11.8 Å². The fraction of sp³-hybridized carbons (Fsp3) is 0.333. The van der Waals surface area contributed by atoms with Gasteiger partial charge in [-0.25, -0.2) is 4.98 Å². The lowest BCUT2D eigenvalue weighted by Gasteiger charge is -2.31. The van der Waals surface area contributed by atoms with Gasteiger partial charge in [0.1, 0.15) is 16.7 Å². The summed E-state index contributed by atoms with van der Waals surface area (Å²) in [5.41, 5.74) is 2.42. The van der Waals surface area contributed by atoms with E-state index in [4.69, 9.17) is 16.3 Å². The van der Waals surface area contributed by atoms with Gasteiger partial charge in [-0.1, -0.05) is 11.6 Å². The second-order valence-corrected chi connectivity index (χ2v) is 5.95. The van der Waals surface area contributed by atoms with E-state index in [0.717, 1.165) is 34.7 Å². The molecule has 0 saturated carbocycles. The Hall–Kier alpha value is -1.48. The number of ether oxygens (including phenoxy) is 1. The van der Waals surface area contributed by atoms with Crippen LogP contribution in [0.3, 0.4) is 0 Å². The van der Waals surface area contributed by atoms with Crippen molar-refractivity contribution in [2.24, 2.45) is 0 Å². The van der Waals surface area contributed by atoms with Crippen LogP contribution in [0.1, 0.15) is 5.56 Å². The maximum atomic E-state index is 9.60. The van der Waals surface area contributed by atoms with Crippen LogP contribution in [-0.2, 0) is 4.74 Å². The molecule has 0 N–H and O–H groups in total. The van der Waals surface area contributed by atoms with E-state index in [-0.39, 0.29) is 0 Å². The number of anilines is 1. The molecule has 1 aliphatic rings. The number of nitrogens with zero attached hydrogens (tertiary/aromatic N) is 3. The first-order chi connectivity index (χ1) is 10.2. The van der Waals surface area contributed by atoms with Crippen molar-refractivity contribution in [1.29, 1.82) is 5.26 Å². The van der Waals surface area contributed by atoms with Gasteiger partial charge in [-0.3, -0.25) is 0 Å². The lowest BCUT2D eigenvalue weighted by molar-refractivity contribution is 0.123. The number of aromatic nitrogens is 1. The summed E-state index contributed by atoms with van der Waals surface area (Å²) in [5.74, 6) is 0. The van der Waals surface area contributed by atoms with Crippen LogP contribution < -0.4 is 4.90 Å². The van der Waals surface area contributed by atoms with Crippen LogP contribution in [0, 0.1) is 11.3 Å². The number of rotatable bonds is 2. The number of hydrogen-bond donors (Lipinski definition) is 0.